The number of nitrogens with one attached hydrogen (secondary N) is 2. The molecule has 0 saturated heterocycles. The van der Waals surface area contributed by atoms with Gasteiger partial charge in [-0.15, -0.1) is 0 Å². The highest BCUT2D eigenvalue weighted by molar-refractivity contribution is 6.09. The van der Waals surface area contributed by atoms with Gasteiger partial charge >= 0.3 is 5.97 Å². The molecular formula is C20H22N2O5. The van der Waals surface area contributed by atoms with E-state index in [9.17, 15) is 14.4 Å². The van der Waals surface area contributed by atoms with Gasteiger partial charge in [0.25, 0.3) is 0 Å². The highest BCUT2D eigenvalue weighted by Gasteiger charge is 2.16. The monoisotopic (exact) mass is 370 g/mol. The lowest BCUT2D eigenvalue weighted by Crippen LogP contribution is -2.22. The molecule has 0 aliphatic rings. The number of anilines is 2. The summed E-state index contributed by atoms with van der Waals surface area (Å²) < 4.78 is 10.3. The third kappa shape index (κ3) is 6.14. The number of amides is 2. The molecule has 0 aliphatic carbocycles. The zero-order valence-corrected chi connectivity index (χ0v) is 15.3. The van der Waals surface area contributed by atoms with Gasteiger partial charge in [0.1, 0.15) is 12.2 Å². The van der Waals surface area contributed by atoms with E-state index < -0.39 is 17.8 Å². The lowest BCUT2D eigenvalue weighted by atomic mass is 10.1. The first-order valence-corrected chi connectivity index (χ1v) is 8.62. The summed E-state index contributed by atoms with van der Waals surface area (Å²) >= 11 is 0. The lowest BCUT2D eigenvalue weighted by Gasteiger charge is -2.10. The average Bonchev–Trinajstić information content (AvgIpc) is 2.64. The van der Waals surface area contributed by atoms with Crippen LogP contribution in [0, 0.1) is 0 Å². The van der Waals surface area contributed by atoms with Crippen molar-refractivity contribution in [1.29, 1.82) is 0 Å². The Morgan fingerprint density at radius 2 is 1.52 bits per heavy atom. The Kier molecular flexibility index (Phi) is 7.37. The Hall–Kier alpha value is -3.35. The fraction of sp³-hybridized carbons (Fsp3) is 0.250. The maximum Gasteiger partial charge on any atom is 0.340 e. The molecule has 0 unspecified atom stereocenters. The van der Waals surface area contributed by atoms with Crippen LogP contribution in [0.1, 0.15) is 30.6 Å². The van der Waals surface area contributed by atoms with Gasteiger partial charge in [0.15, 0.2) is 0 Å². The fourth-order valence-electron chi connectivity index (χ4n) is 2.33. The molecule has 0 heterocycles. The zero-order valence-electron chi connectivity index (χ0n) is 15.3. The van der Waals surface area contributed by atoms with Gasteiger partial charge in [-0.05, 0) is 50.2 Å². The summed E-state index contributed by atoms with van der Waals surface area (Å²) in [4.78, 5) is 36.1. The topological polar surface area (TPSA) is 93.7 Å². The maximum absolute atomic E-state index is 12.1. The molecule has 2 rings (SSSR count). The summed E-state index contributed by atoms with van der Waals surface area (Å²) in [5.41, 5.74) is 1.10. The summed E-state index contributed by atoms with van der Waals surface area (Å²) in [5.74, 6) is -0.837. The molecule has 0 aliphatic heterocycles. The Morgan fingerprint density at radius 3 is 2.19 bits per heavy atom. The van der Waals surface area contributed by atoms with Crippen LogP contribution in [0.2, 0.25) is 0 Å². The summed E-state index contributed by atoms with van der Waals surface area (Å²) in [7, 11) is 0. The van der Waals surface area contributed by atoms with Crippen LogP contribution in [0.5, 0.6) is 5.75 Å². The van der Waals surface area contributed by atoms with Crippen LogP contribution >= 0.6 is 0 Å². The molecular weight excluding hydrogens is 348 g/mol. The van der Waals surface area contributed by atoms with Gasteiger partial charge < -0.3 is 20.1 Å². The van der Waals surface area contributed by atoms with Crippen molar-refractivity contribution in [2.24, 2.45) is 0 Å². The third-order valence-electron chi connectivity index (χ3n) is 3.47. The molecule has 0 radical (unpaired) electrons. The van der Waals surface area contributed by atoms with Crippen LogP contribution in [-0.4, -0.2) is 31.0 Å². The SMILES string of the molecule is CCOC(=O)c1ccccc1NC(=O)CC(=O)Nc1ccc(OCC)cc1. The van der Waals surface area contributed by atoms with E-state index in [4.69, 9.17) is 9.47 Å². The van der Waals surface area contributed by atoms with Crippen molar-refractivity contribution in [2.45, 2.75) is 20.3 Å². The second kappa shape index (κ2) is 9.96. The number of hydrogen-bond acceptors (Lipinski definition) is 5. The second-order valence-electron chi connectivity index (χ2n) is 5.50. The molecule has 27 heavy (non-hydrogen) atoms. The van der Waals surface area contributed by atoms with E-state index in [1.807, 2.05) is 6.92 Å². The van der Waals surface area contributed by atoms with Crippen molar-refractivity contribution in [3.63, 3.8) is 0 Å². The third-order valence-corrected chi connectivity index (χ3v) is 3.47. The van der Waals surface area contributed by atoms with E-state index in [2.05, 4.69) is 10.6 Å². The molecule has 2 amide bonds. The minimum absolute atomic E-state index is 0.228. The van der Waals surface area contributed by atoms with Gasteiger partial charge in [-0.3, -0.25) is 9.59 Å². The Bertz CT molecular complexity index is 802. The number of esters is 1. The first-order valence-electron chi connectivity index (χ1n) is 8.62. The van der Waals surface area contributed by atoms with Gasteiger partial charge in [0.05, 0.1) is 24.5 Å². The largest absolute Gasteiger partial charge is 0.494 e. The van der Waals surface area contributed by atoms with Crippen LogP contribution in [0.3, 0.4) is 0 Å². The van der Waals surface area contributed by atoms with E-state index in [1.165, 1.54) is 0 Å². The first-order chi connectivity index (χ1) is 13.0. The summed E-state index contributed by atoms with van der Waals surface area (Å²) in [6.07, 6.45) is -0.385. The van der Waals surface area contributed by atoms with Gasteiger partial charge in [-0.25, -0.2) is 4.79 Å². The number of benzene rings is 2. The van der Waals surface area contributed by atoms with Crippen LogP contribution in [-0.2, 0) is 14.3 Å². The van der Waals surface area contributed by atoms with Crippen LogP contribution in [0.25, 0.3) is 0 Å². The van der Waals surface area contributed by atoms with Gasteiger partial charge in [0, 0.05) is 5.69 Å². The highest BCUT2D eigenvalue weighted by Crippen LogP contribution is 2.18. The number of ether oxygens (including phenoxy) is 2. The maximum atomic E-state index is 12.1. The number of hydrogen-bond donors (Lipinski definition) is 2. The Balaban J connectivity index is 1.93. The van der Waals surface area contributed by atoms with Gasteiger partial charge in [0.2, 0.25) is 11.8 Å². The molecule has 2 N–H and O–H groups in total. The normalized spacial score (nSPS) is 10.0. The van der Waals surface area contributed by atoms with E-state index in [-0.39, 0.29) is 18.6 Å². The van der Waals surface area contributed by atoms with Crippen molar-refractivity contribution in [3.05, 3.63) is 54.1 Å². The molecule has 2 aromatic rings. The van der Waals surface area contributed by atoms with Crippen LogP contribution in [0.4, 0.5) is 11.4 Å². The fourth-order valence-corrected chi connectivity index (χ4v) is 2.33. The summed E-state index contributed by atoms with van der Waals surface area (Å²) in [6.45, 7) is 4.36. The summed E-state index contributed by atoms with van der Waals surface area (Å²) in [6, 6.07) is 13.3. The first kappa shape index (κ1) is 20.0. The number of para-hydroxylation sites is 1. The molecule has 0 fully saturated rings. The average molecular weight is 370 g/mol. The van der Waals surface area contributed by atoms with Gasteiger partial charge in [-0.2, -0.15) is 0 Å². The molecule has 142 valence electrons. The van der Waals surface area contributed by atoms with Crippen LogP contribution in [0.15, 0.2) is 48.5 Å². The van der Waals surface area contributed by atoms with Crippen LogP contribution < -0.4 is 15.4 Å². The molecule has 2 aromatic carbocycles. The number of carbonyl (C=O) groups is 3. The van der Waals surface area contributed by atoms with Crippen molar-refractivity contribution in [3.8, 4) is 5.75 Å². The minimum atomic E-state index is -0.535. The predicted molar refractivity (Wildman–Crippen MR) is 102 cm³/mol. The predicted octanol–water partition coefficient (Wildman–Crippen LogP) is 3.23. The molecule has 0 aromatic heterocycles. The van der Waals surface area contributed by atoms with Crippen molar-refractivity contribution < 1.29 is 23.9 Å². The van der Waals surface area contributed by atoms with Crippen molar-refractivity contribution >= 4 is 29.2 Å². The van der Waals surface area contributed by atoms with E-state index in [1.54, 1.807) is 55.5 Å². The van der Waals surface area contributed by atoms with E-state index in [0.717, 1.165) is 0 Å². The quantitative estimate of drug-likeness (QED) is 0.550. The number of rotatable bonds is 8. The Labute approximate surface area is 157 Å². The molecule has 0 spiro atoms. The molecule has 0 bridgehead atoms. The highest BCUT2D eigenvalue weighted by atomic mass is 16.5. The van der Waals surface area contributed by atoms with Crippen molar-refractivity contribution in [2.75, 3.05) is 23.8 Å². The Morgan fingerprint density at radius 1 is 0.852 bits per heavy atom. The number of carbonyl (C=O) groups excluding carboxylic acids is 3. The minimum Gasteiger partial charge on any atom is -0.494 e. The molecule has 0 atom stereocenters. The smallest absolute Gasteiger partial charge is 0.340 e. The lowest BCUT2D eigenvalue weighted by molar-refractivity contribution is -0.123. The van der Waals surface area contributed by atoms with E-state index in [0.29, 0.717) is 23.7 Å². The molecule has 0 saturated carbocycles. The molecule has 7 nitrogen and oxygen atoms in total. The standard InChI is InChI=1S/C20H22N2O5/c1-3-26-15-11-9-14(10-12-15)21-18(23)13-19(24)22-17-8-6-5-7-16(17)20(25)27-4-2/h5-12H,3-4,13H2,1-2H3,(H,21,23)(H,22,24). The van der Waals surface area contributed by atoms with Gasteiger partial charge in [-0.1, -0.05) is 12.1 Å². The van der Waals surface area contributed by atoms with Crippen molar-refractivity contribution in [1.82, 2.24) is 0 Å². The molecule has 7 heteroatoms. The summed E-state index contributed by atoms with van der Waals surface area (Å²) in [5, 5.41) is 5.21. The van der Waals surface area contributed by atoms with E-state index >= 15 is 0 Å². The zero-order chi connectivity index (χ0) is 19.6. The second-order valence-corrected chi connectivity index (χ2v) is 5.50.